The molecule has 1 aliphatic heterocycles. The summed E-state index contributed by atoms with van der Waals surface area (Å²) in [4.78, 5) is 6.30. The SMILES string of the molecule is C/C=N\C=C(/C)CN1CCc2ccc(F)cc21. The molecule has 1 aliphatic rings. The molecule has 0 unspecified atom stereocenters. The van der Waals surface area contributed by atoms with Crippen LogP contribution in [0.4, 0.5) is 10.1 Å². The maximum absolute atomic E-state index is 13.2. The number of aliphatic imine (C=N–C) groups is 1. The first-order chi connectivity index (χ1) is 8.20. The van der Waals surface area contributed by atoms with E-state index in [0.717, 1.165) is 25.2 Å². The van der Waals surface area contributed by atoms with Gasteiger partial charge in [-0.25, -0.2) is 4.39 Å². The highest BCUT2D eigenvalue weighted by Crippen LogP contribution is 2.29. The van der Waals surface area contributed by atoms with Crippen LogP contribution in [-0.4, -0.2) is 19.3 Å². The lowest BCUT2D eigenvalue weighted by atomic mass is 10.1. The minimum Gasteiger partial charge on any atom is -0.367 e. The summed E-state index contributed by atoms with van der Waals surface area (Å²) in [6, 6.07) is 5.04. The van der Waals surface area contributed by atoms with Crippen molar-refractivity contribution in [1.29, 1.82) is 0 Å². The predicted octanol–water partition coefficient (Wildman–Crippen LogP) is 3.18. The van der Waals surface area contributed by atoms with Gasteiger partial charge in [0.2, 0.25) is 0 Å². The van der Waals surface area contributed by atoms with Gasteiger partial charge in [0.25, 0.3) is 0 Å². The predicted molar refractivity (Wildman–Crippen MR) is 70.2 cm³/mol. The Balaban J connectivity index is 2.14. The minimum absolute atomic E-state index is 0.163. The van der Waals surface area contributed by atoms with Gasteiger partial charge in [0, 0.05) is 31.2 Å². The van der Waals surface area contributed by atoms with Crippen LogP contribution in [-0.2, 0) is 6.42 Å². The van der Waals surface area contributed by atoms with Crippen molar-refractivity contribution in [3.63, 3.8) is 0 Å². The van der Waals surface area contributed by atoms with E-state index in [-0.39, 0.29) is 5.82 Å². The molecule has 0 saturated carbocycles. The number of halogens is 1. The van der Waals surface area contributed by atoms with Gasteiger partial charge in [0.05, 0.1) is 0 Å². The molecule has 0 radical (unpaired) electrons. The first kappa shape index (κ1) is 11.8. The summed E-state index contributed by atoms with van der Waals surface area (Å²) in [5.74, 6) is -0.163. The Labute approximate surface area is 101 Å². The molecule has 0 spiro atoms. The van der Waals surface area contributed by atoms with Crippen LogP contribution in [0.1, 0.15) is 19.4 Å². The van der Waals surface area contributed by atoms with Crippen LogP contribution >= 0.6 is 0 Å². The molecule has 90 valence electrons. The topological polar surface area (TPSA) is 15.6 Å². The Morgan fingerprint density at radius 2 is 2.35 bits per heavy atom. The molecule has 3 heteroatoms. The number of anilines is 1. The van der Waals surface area contributed by atoms with Gasteiger partial charge in [-0.05, 0) is 43.5 Å². The third kappa shape index (κ3) is 2.73. The van der Waals surface area contributed by atoms with Crippen LogP contribution in [0, 0.1) is 5.82 Å². The van der Waals surface area contributed by atoms with E-state index in [1.807, 2.05) is 26.1 Å². The molecule has 1 heterocycles. The zero-order chi connectivity index (χ0) is 12.3. The van der Waals surface area contributed by atoms with E-state index in [1.165, 1.54) is 17.2 Å². The van der Waals surface area contributed by atoms with Crippen molar-refractivity contribution in [1.82, 2.24) is 0 Å². The van der Waals surface area contributed by atoms with Crippen molar-refractivity contribution in [2.75, 3.05) is 18.0 Å². The number of hydrogen-bond donors (Lipinski definition) is 0. The maximum atomic E-state index is 13.2. The Morgan fingerprint density at radius 1 is 1.53 bits per heavy atom. The molecule has 2 rings (SSSR count). The van der Waals surface area contributed by atoms with E-state index in [9.17, 15) is 4.39 Å². The van der Waals surface area contributed by atoms with Crippen LogP contribution < -0.4 is 4.90 Å². The highest BCUT2D eigenvalue weighted by Gasteiger charge is 2.19. The largest absolute Gasteiger partial charge is 0.367 e. The standard InChI is InChI=1S/C14H17FN2/c1-3-16-9-11(2)10-17-7-6-12-4-5-13(15)8-14(12)17/h3-5,8-9H,6-7,10H2,1-2H3/b11-9+,16-3-. The minimum atomic E-state index is -0.163. The number of benzene rings is 1. The fraction of sp³-hybridized carbons (Fsp3) is 0.357. The van der Waals surface area contributed by atoms with Gasteiger partial charge in [-0.3, -0.25) is 4.99 Å². The zero-order valence-electron chi connectivity index (χ0n) is 10.3. The van der Waals surface area contributed by atoms with Crippen molar-refractivity contribution in [2.24, 2.45) is 4.99 Å². The summed E-state index contributed by atoms with van der Waals surface area (Å²) < 4.78 is 13.2. The first-order valence-corrected chi connectivity index (χ1v) is 5.87. The van der Waals surface area contributed by atoms with Gasteiger partial charge in [-0.15, -0.1) is 0 Å². The molecule has 0 bridgehead atoms. The third-order valence-corrected chi connectivity index (χ3v) is 2.92. The average Bonchev–Trinajstić information content (AvgIpc) is 2.69. The first-order valence-electron chi connectivity index (χ1n) is 5.87. The van der Waals surface area contributed by atoms with Crippen molar-refractivity contribution in [3.05, 3.63) is 41.4 Å². The van der Waals surface area contributed by atoms with E-state index in [1.54, 1.807) is 12.3 Å². The van der Waals surface area contributed by atoms with E-state index in [4.69, 9.17) is 0 Å². The number of rotatable bonds is 3. The summed E-state index contributed by atoms with van der Waals surface area (Å²) in [6.45, 7) is 5.71. The molecule has 1 aromatic rings. The van der Waals surface area contributed by atoms with E-state index >= 15 is 0 Å². The monoisotopic (exact) mass is 232 g/mol. The van der Waals surface area contributed by atoms with Crippen LogP contribution in [0.5, 0.6) is 0 Å². The fourth-order valence-corrected chi connectivity index (χ4v) is 2.13. The van der Waals surface area contributed by atoms with Gasteiger partial charge in [0.15, 0.2) is 0 Å². The maximum Gasteiger partial charge on any atom is 0.125 e. The fourth-order valence-electron chi connectivity index (χ4n) is 2.13. The van der Waals surface area contributed by atoms with E-state index in [2.05, 4.69) is 9.89 Å². The molecule has 1 aromatic carbocycles. The Hall–Kier alpha value is -1.64. The molecule has 0 saturated heterocycles. The quantitative estimate of drug-likeness (QED) is 0.731. The lowest BCUT2D eigenvalue weighted by Gasteiger charge is -2.19. The van der Waals surface area contributed by atoms with Crippen molar-refractivity contribution in [3.8, 4) is 0 Å². The van der Waals surface area contributed by atoms with Gasteiger partial charge < -0.3 is 4.90 Å². The second kappa shape index (κ2) is 5.13. The van der Waals surface area contributed by atoms with Crippen molar-refractivity contribution >= 4 is 11.9 Å². The molecule has 2 nitrogen and oxygen atoms in total. The van der Waals surface area contributed by atoms with Crippen LogP contribution in [0.3, 0.4) is 0 Å². The number of nitrogens with zero attached hydrogens (tertiary/aromatic N) is 2. The summed E-state index contributed by atoms with van der Waals surface area (Å²) in [5.41, 5.74) is 3.44. The van der Waals surface area contributed by atoms with Crippen LogP contribution in [0.2, 0.25) is 0 Å². The summed E-state index contributed by atoms with van der Waals surface area (Å²) in [5, 5.41) is 0. The third-order valence-electron chi connectivity index (χ3n) is 2.92. The molecular formula is C14H17FN2. The van der Waals surface area contributed by atoms with Crippen molar-refractivity contribution < 1.29 is 4.39 Å². The van der Waals surface area contributed by atoms with Gasteiger partial charge in [-0.1, -0.05) is 6.07 Å². The molecule has 0 aliphatic carbocycles. The lowest BCUT2D eigenvalue weighted by molar-refractivity contribution is 0.627. The highest BCUT2D eigenvalue weighted by molar-refractivity contribution is 5.59. The zero-order valence-corrected chi connectivity index (χ0v) is 10.3. The molecule has 0 N–H and O–H groups in total. The normalized spacial score (nSPS) is 15.7. The highest BCUT2D eigenvalue weighted by atomic mass is 19.1. The van der Waals surface area contributed by atoms with E-state index < -0.39 is 0 Å². The Bertz CT molecular complexity index is 463. The molecule has 0 fully saturated rings. The number of hydrogen-bond acceptors (Lipinski definition) is 2. The Kier molecular flexibility index (Phi) is 3.57. The van der Waals surface area contributed by atoms with E-state index in [0.29, 0.717) is 0 Å². The summed E-state index contributed by atoms with van der Waals surface area (Å²) >= 11 is 0. The lowest BCUT2D eigenvalue weighted by Crippen LogP contribution is -2.22. The van der Waals surface area contributed by atoms with Gasteiger partial charge >= 0.3 is 0 Å². The average molecular weight is 232 g/mol. The molecular weight excluding hydrogens is 215 g/mol. The van der Waals surface area contributed by atoms with Crippen LogP contribution in [0.25, 0.3) is 0 Å². The molecule has 17 heavy (non-hydrogen) atoms. The second-order valence-electron chi connectivity index (χ2n) is 4.33. The summed E-state index contributed by atoms with van der Waals surface area (Å²) in [7, 11) is 0. The number of fused-ring (bicyclic) bond motifs is 1. The molecule has 0 atom stereocenters. The summed E-state index contributed by atoms with van der Waals surface area (Å²) in [6.07, 6.45) is 4.62. The second-order valence-corrected chi connectivity index (χ2v) is 4.33. The molecule has 0 aromatic heterocycles. The Morgan fingerprint density at radius 3 is 3.12 bits per heavy atom. The van der Waals surface area contributed by atoms with Crippen LogP contribution in [0.15, 0.2) is 35.0 Å². The van der Waals surface area contributed by atoms with Gasteiger partial charge in [-0.2, -0.15) is 0 Å². The van der Waals surface area contributed by atoms with Crippen molar-refractivity contribution in [2.45, 2.75) is 20.3 Å². The van der Waals surface area contributed by atoms with Gasteiger partial charge in [0.1, 0.15) is 5.82 Å². The smallest absolute Gasteiger partial charge is 0.125 e. The molecule has 0 amide bonds.